The average Bonchev–Trinajstić information content (AvgIpc) is 0.811. The van der Waals surface area contributed by atoms with Gasteiger partial charge in [0.25, 0.3) is 0 Å². The van der Waals surface area contributed by atoms with Crippen molar-refractivity contribution in [1.82, 2.24) is 0 Å². The number of hydrogen-bond acceptors (Lipinski definition) is 3. The molecule has 0 aliphatic heterocycles. The largest absolute Gasteiger partial charge is 2.00 e. The monoisotopic (exact) mass is 176 g/mol. The van der Waals surface area contributed by atoms with E-state index in [1.54, 1.807) is 0 Å². The Hall–Kier alpha value is 1.04. The predicted molar refractivity (Wildman–Crippen MR) is 34.8 cm³/mol. The Morgan fingerprint density at radius 3 is 0.778 bits per heavy atom. The van der Waals surface area contributed by atoms with Crippen LogP contribution in [0.3, 0.4) is 0 Å². The molecule has 11 N–H and O–H groups in total. The third-order valence-electron chi connectivity index (χ3n) is 0. The standard InChI is InChI=1S/BH3O3.Ca.4H2O.2H/c2-1(3)4;;;;;;;/h2-4H;;4*1H2;;/q;+2;;;;;2*-1. The molecule has 0 saturated heterocycles. The molecule has 9 heavy (non-hydrogen) atoms. The first-order chi connectivity index (χ1) is 1.73. The quantitative estimate of drug-likeness (QED) is 0.311. The molecule has 0 bridgehead atoms. The Bertz CT molecular complexity index is 21.2. The zero-order valence-corrected chi connectivity index (χ0v) is 6.83. The van der Waals surface area contributed by atoms with Crippen molar-refractivity contribution < 1.29 is 39.8 Å². The summed E-state index contributed by atoms with van der Waals surface area (Å²) in [5.74, 6) is 0. The van der Waals surface area contributed by atoms with Crippen molar-refractivity contribution in [1.29, 1.82) is 0 Å². The molecule has 0 fully saturated rings. The van der Waals surface area contributed by atoms with Crippen LogP contribution in [0.4, 0.5) is 0 Å². The van der Waals surface area contributed by atoms with Crippen LogP contribution in [0.25, 0.3) is 0 Å². The minimum Gasteiger partial charge on any atom is -1.00 e. The van der Waals surface area contributed by atoms with E-state index in [1.165, 1.54) is 0 Å². The van der Waals surface area contributed by atoms with Gasteiger partial charge in [0.15, 0.2) is 0 Å². The zero-order valence-electron chi connectivity index (χ0n) is 6.63. The van der Waals surface area contributed by atoms with E-state index in [2.05, 4.69) is 0 Å². The second-order valence-electron chi connectivity index (χ2n) is 0.346. The minimum absolute atomic E-state index is 0. The van der Waals surface area contributed by atoms with Crippen LogP contribution in [0.2, 0.25) is 0 Å². The number of rotatable bonds is 0. The smallest absolute Gasteiger partial charge is 1.00 e. The first-order valence-electron chi connectivity index (χ1n) is 0.775. The molecule has 0 aromatic rings. The van der Waals surface area contributed by atoms with Crippen LogP contribution in [0, 0.1) is 0 Å². The summed E-state index contributed by atoms with van der Waals surface area (Å²) in [6.45, 7) is 0. The molecule has 0 spiro atoms. The Balaban J connectivity index is -0.00000000214. The molecule has 0 aliphatic rings. The molecular formula is H13BCaO7. The summed E-state index contributed by atoms with van der Waals surface area (Å²) in [5.41, 5.74) is 0. The van der Waals surface area contributed by atoms with E-state index in [4.69, 9.17) is 15.1 Å². The Morgan fingerprint density at radius 2 is 0.778 bits per heavy atom. The molecule has 0 aromatic carbocycles. The van der Waals surface area contributed by atoms with Crippen LogP contribution in [0.1, 0.15) is 2.85 Å². The average molecular weight is 176 g/mol. The summed E-state index contributed by atoms with van der Waals surface area (Å²) in [6.07, 6.45) is 0. The third kappa shape index (κ3) is 411. The Kier molecular flexibility index (Phi) is 200. The first kappa shape index (κ1) is 50.2. The van der Waals surface area contributed by atoms with E-state index in [-0.39, 0.29) is 62.5 Å². The van der Waals surface area contributed by atoms with Gasteiger partial charge in [-0.25, -0.2) is 0 Å². The zero-order chi connectivity index (χ0) is 3.58. The van der Waals surface area contributed by atoms with Gasteiger partial charge in [0.2, 0.25) is 0 Å². The third-order valence-corrected chi connectivity index (χ3v) is 0. The molecule has 60 valence electrons. The Morgan fingerprint density at radius 1 is 0.778 bits per heavy atom. The van der Waals surface area contributed by atoms with Crippen molar-refractivity contribution in [3.63, 3.8) is 0 Å². The normalized spacial score (nSPS) is 3.00. The topological polar surface area (TPSA) is 187 Å². The summed E-state index contributed by atoms with van der Waals surface area (Å²) in [6, 6.07) is 0. The minimum atomic E-state index is -2.17. The molecule has 0 radical (unpaired) electrons. The van der Waals surface area contributed by atoms with Gasteiger partial charge < -0.3 is 39.8 Å². The van der Waals surface area contributed by atoms with E-state index < -0.39 is 7.32 Å². The summed E-state index contributed by atoms with van der Waals surface area (Å²) >= 11 is 0. The predicted octanol–water partition coefficient (Wildman–Crippen LogP) is -5.51. The molecule has 0 heterocycles. The molecule has 0 unspecified atom stereocenters. The Labute approximate surface area is 84.7 Å². The fourth-order valence-electron chi connectivity index (χ4n) is 0. The van der Waals surface area contributed by atoms with Crippen LogP contribution in [0.15, 0.2) is 0 Å². The van der Waals surface area contributed by atoms with Crippen molar-refractivity contribution in [2.45, 2.75) is 0 Å². The molecule has 0 aliphatic carbocycles. The fraction of sp³-hybridized carbons (Fsp3) is 0. The van der Waals surface area contributed by atoms with Crippen LogP contribution in [-0.2, 0) is 0 Å². The molecule has 0 saturated carbocycles. The summed E-state index contributed by atoms with van der Waals surface area (Å²) in [4.78, 5) is 0. The van der Waals surface area contributed by atoms with E-state index >= 15 is 0 Å². The van der Waals surface area contributed by atoms with Crippen LogP contribution in [0.5, 0.6) is 0 Å². The van der Waals surface area contributed by atoms with Gasteiger partial charge in [-0.05, 0) is 0 Å². The summed E-state index contributed by atoms with van der Waals surface area (Å²) < 4.78 is 0. The van der Waals surface area contributed by atoms with E-state index in [0.717, 1.165) is 0 Å². The maximum absolute atomic E-state index is 7.17. The van der Waals surface area contributed by atoms with Crippen molar-refractivity contribution in [3.8, 4) is 0 Å². The molecule has 9 heteroatoms. The van der Waals surface area contributed by atoms with Gasteiger partial charge in [0, 0.05) is 0 Å². The van der Waals surface area contributed by atoms with Crippen molar-refractivity contribution in [2.75, 3.05) is 0 Å². The van der Waals surface area contributed by atoms with E-state index in [9.17, 15) is 0 Å². The molecular weight excluding hydrogens is 163 g/mol. The van der Waals surface area contributed by atoms with Gasteiger partial charge in [-0.2, -0.15) is 0 Å². The van der Waals surface area contributed by atoms with Gasteiger partial charge in [0.05, 0.1) is 0 Å². The maximum atomic E-state index is 7.17. The van der Waals surface area contributed by atoms with Crippen LogP contribution < -0.4 is 0 Å². The second kappa shape index (κ2) is 35.8. The van der Waals surface area contributed by atoms with Gasteiger partial charge in [0.1, 0.15) is 0 Å². The fourth-order valence-corrected chi connectivity index (χ4v) is 0. The SMILES string of the molecule is O.O.O.O.OB(O)O.[Ca+2].[H-].[H-]. The molecule has 0 amide bonds. The van der Waals surface area contributed by atoms with Crippen molar-refractivity contribution in [3.05, 3.63) is 0 Å². The molecule has 0 atom stereocenters. The molecule has 0 rings (SSSR count). The van der Waals surface area contributed by atoms with Gasteiger partial charge in [-0.3, -0.25) is 0 Å². The number of hydrogen-bond donors (Lipinski definition) is 3. The van der Waals surface area contributed by atoms with Crippen molar-refractivity contribution >= 4 is 45.1 Å². The van der Waals surface area contributed by atoms with Gasteiger partial charge in [-0.15, -0.1) is 0 Å². The molecule has 0 aromatic heterocycles. The van der Waals surface area contributed by atoms with Crippen molar-refractivity contribution in [2.24, 2.45) is 0 Å². The van der Waals surface area contributed by atoms with Gasteiger partial charge in [-0.1, -0.05) is 0 Å². The maximum Gasteiger partial charge on any atom is 2.00 e. The van der Waals surface area contributed by atoms with E-state index in [0.29, 0.717) is 0 Å². The summed E-state index contributed by atoms with van der Waals surface area (Å²) in [7, 11) is -2.17. The summed E-state index contributed by atoms with van der Waals surface area (Å²) in [5, 5.41) is 21.5. The first-order valence-corrected chi connectivity index (χ1v) is 0.775. The van der Waals surface area contributed by atoms with Crippen LogP contribution in [-0.4, -0.2) is 82.0 Å². The second-order valence-corrected chi connectivity index (χ2v) is 0.346. The van der Waals surface area contributed by atoms with E-state index in [1.807, 2.05) is 0 Å². The van der Waals surface area contributed by atoms with Crippen LogP contribution >= 0.6 is 0 Å². The van der Waals surface area contributed by atoms with Gasteiger partial charge >= 0.3 is 45.1 Å². The molecule has 7 nitrogen and oxygen atoms in total.